The fraction of sp³-hybridized carbons (Fsp3) is 0. The summed E-state index contributed by atoms with van der Waals surface area (Å²) >= 11 is 0. The molecule has 0 bridgehead atoms. The molecule has 0 heterocycles. The Bertz CT molecular complexity index is 1250. The molecule has 0 aliphatic carbocycles. The van der Waals surface area contributed by atoms with Crippen LogP contribution in [-0.4, -0.2) is 10.9 Å². The van der Waals surface area contributed by atoms with E-state index >= 15 is 0 Å². The van der Waals surface area contributed by atoms with E-state index < -0.39 is 0 Å². The van der Waals surface area contributed by atoms with Crippen LogP contribution in [0.25, 0.3) is 32.3 Å². The quantitative estimate of drug-likeness (QED) is 0.343. The number of para-hydroxylation sites is 1. The second-order valence-corrected chi connectivity index (χ2v) is 6.32. The van der Waals surface area contributed by atoms with Crippen molar-refractivity contribution < 1.29 is 9.90 Å². The van der Waals surface area contributed by atoms with Gasteiger partial charge < -0.3 is 5.11 Å². The molecule has 0 aliphatic heterocycles. The van der Waals surface area contributed by atoms with E-state index in [-0.39, 0.29) is 11.5 Å². The SMILES string of the molecule is O=C(c1ccccc1O)c1ccc2ccc3cccc4ccc1c2c34. The largest absolute Gasteiger partial charge is 0.507 e. The van der Waals surface area contributed by atoms with Gasteiger partial charge in [0.05, 0.1) is 5.56 Å². The number of aromatic hydroxyl groups is 1. The van der Waals surface area contributed by atoms with Gasteiger partial charge >= 0.3 is 0 Å². The van der Waals surface area contributed by atoms with Crippen LogP contribution in [0.3, 0.4) is 0 Å². The molecule has 0 aliphatic rings. The van der Waals surface area contributed by atoms with E-state index in [0.29, 0.717) is 11.1 Å². The maximum Gasteiger partial charge on any atom is 0.197 e. The van der Waals surface area contributed by atoms with Crippen molar-refractivity contribution in [3.05, 3.63) is 90.0 Å². The summed E-state index contributed by atoms with van der Waals surface area (Å²) in [6, 6.07) is 25.1. The zero-order valence-electron chi connectivity index (χ0n) is 13.4. The minimum absolute atomic E-state index is 0.0122. The number of hydrogen-bond acceptors (Lipinski definition) is 2. The molecule has 0 unspecified atom stereocenters. The molecule has 2 heteroatoms. The van der Waals surface area contributed by atoms with E-state index in [1.807, 2.05) is 18.2 Å². The highest BCUT2D eigenvalue weighted by atomic mass is 16.3. The van der Waals surface area contributed by atoms with Gasteiger partial charge in [0.2, 0.25) is 0 Å². The van der Waals surface area contributed by atoms with E-state index in [2.05, 4.69) is 36.4 Å². The van der Waals surface area contributed by atoms with E-state index in [4.69, 9.17) is 0 Å². The second kappa shape index (κ2) is 5.05. The number of phenolic OH excluding ortho intramolecular Hbond substituents is 1. The Morgan fingerprint density at radius 2 is 1.24 bits per heavy atom. The average molecular weight is 322 g/mol. The van der Waals surface area contributed by atoms with Crippen LogP contribution in [0.4, 0.5) is 0 Å². The third kappa shape index (κ3) is 1.94. The minimum atomic E-state index is -0.156. The molecule has 0 saturated heterocycles. The zero-order chi connectivity index (χ0) is 17.0. The summed E-state index contributed by atoms with van der Waals surface area (Å²) in [5.41, 5.74) is 0.949. The van der Waals surface area contributed by atoms with Gasteiger partial charge in [-0.05, 0) is 50.5 Å². The minimum Gasteiger partial charge on any atom is -0.507 e. The van der Waals surface area contributed by atoms with Gasteiger partial charge in [-0.1, -0.05) is 60.7 Å². The van der Waals surface area contributed by atoms with Gasteiger partial charge in [0.1, 0.15) is 5.75 Å². The van der Waals surface area contributed by atoms with Gasteiger partial charge in [-0.2, -0.15) is 0 Å². The number of hydrogen-bond donors (Lipinski definition) is 1. The molecular weight excluding hydrogens is 308 g/mol. The van der Waals surface area contributed by atoms with Gasteiger partial charge in [0, 0.05) is 5.56 Å². The molecule has 5 aromatic rings. The average Bonchev–Trinajstić information content (AvgIpc) is 2.66. The van der Waals surface area contributed by atoms with Crippen molar-refractivity contribution in [3.63, 3.8) is 0 Å². The van der Waals surface area contributed by atoms with Crippen LogP contribution < -0.4 is 0 Å². The third-order valence-electron chi connectivity index (χ3n) is 4.92. The lowest BCUT2D eigenvalue weighted by atomic mass is 9.89. The summed E-state index contributed by atoms with van der Waals surface area (Å²) in [5.74, 6) is -0.144. The molecule has 118 valence electrons. The lowest BCUT2D eigenvalue weighted by molar-refractivity contribution is 0.103. The van der Waals surface area contributed by atoms with Crippen LogP contribution in [-0.2, 0) is 0 Å². The maximum atomic E-state index is 13.1. The van der Waals surface area contributed by atoms with Gasteiger partial charge in [-0.25, -0.2) is 0 Å². The van der Waals surface area contributed by atoms with Crippen molar-refractivity contribution in [2.45, 2.75) is 0 Å². The fourth-order valence-electron chi connectivity index (χ4n) is 3.74. The first-order valence-electron chi connectivity index (χ1n) is 8.23. The summed E-state index contributed by atoms with van der Waals surface area (Å²) in [6.45, 7) is 0. The van der Waals surface area contributed by atoms with E-state index in [0.717, 1.165) is 16.2 Å². The topological polar surface area (TPSA) is 37.3 Å². The molecular formula is C23H14O2. The monoisotopic (exact) mass is 322 g/mol. The van der Waals surface area contributed by atoms with E-state index in [1.54, 1.807) is 24.3 Å². The standard InChI is InChI=1S/C23H14O2/c24-20-7-2-1-6-19(20)23(25)18-13-11-16-9-8-14-4-3-5-15-10-12-17(18)22(16)21(14)15/h1-13,24H. The van der Waals surface area contributed by atoms with Crippen LogP contribution in [0.5, 0.6) is 5.75 Å². The molecule has 0 spiro atoms. The number of phenols is 1. The number of carbonyl (C=O) groups is 1. The Labute approximate surface area is 144 Å². The predicted octanol–water partition coefficient (Wildman–Crippen LogP) is 5.52. The highest BCUT2D eigenvalue weighted by molar-refractivity contribution is 6.28. The lowest BCUT2D eigenvalue weighted by Gasteiger charge is -2.13. The van der Waals surface area contributed by atoms with Crippen LogP contribution in [0.1, 0.15) is 15.9 Å². The summed E-state index contributed by atoms with van der Waals surface area (Å²) < 4.78 is 0. The van der Waals surface area contributed by atoms with Crippen LogP contribution in [0, 0.1) is 0 Å². The van der Waals surface area contributed by atoms with Crippen molar-refractivity contribution >= 4 is 38.1 Å². The smallest absolute Gasteiger partial charge is 0.197 e. The van der Waals surface area contributed by atoms with Gasteiger partial charge in [0.25, 0.3) is 0 Å². The van der Waals surface area contributed by atoms with Crippen molar-refractivity contribution in [1.29, 1.82) is 0 Å². The van der Waals surface area contributed by atoms with Crippen LogP contribution in [0.2, 0.25) is 0 Å². The molecule has 1 N–H and O–H groups in total. The number of carbonyl (C=O) groups excluding carboxylic acids is 1. The lowest BCUT2D eigenvalue weighted by Crippen LogP contribution is -2.03. The maximum absolute atomic E-state index is 13.1. The second-order valence-electron chi connectivity index (χ2n) is 6.32. The Kier molecular flexibility index (Phi) is 2.83. The first-order valence-corrected chi connectivity index (χ1v) is 8.23. The van der Waals surface area contributed by atoms with Crippen molar-refractivity contribution in [2.75, 3.05) is 0 Å². The van der Waals surface area contributed by atoms with Gasteiger partial charge in [-0.15, -0.1) is 0 Å². The zero-order valence-corrected chi connectivity index (χ0v) is 13.4. The van der Waals surface area contributed by atoms with Crippen molar-refractivity contribution in [3.8, 4) is 5.75 Å². The highest BCUT2D eigenvalue weighted by Crippen LogP contribution is 2.36. The van der Waals surface area contributed by atoms with Crippen molar-refractivity contribution in [1.82, 2.24) is 0 Å². The Morgan fingerprint density at radius 1 is 0.600 bits per heavy atom. The highest BCUT2D eigenvalue weighted by Gasteiger charge is 2.18. The third-order valence-corrected chi connectivity index (χ3v) is 4.92. The van der Waals surface area contributed by atoms with E-state index in [9.17, 15) is 9.90 Å². The van der Waals surface area contributed by atoms with E-state index in [1.165, 1.54) is 16.2 Å². The molecule has 0 atom stereocenters. The van der Waals surface area contributed by atoms with Gasteiger partial charge in [0.15, 0.2) is 5.78 Å². The predicted molar refractivity (Wildman–Crippen MR) is 102 cm³/mol. The number of rotatable bonds is 2. The van der Waals surface area contributed by atoms with Gasteiger partial charge in [-0.3, -0.25) is 4.79 Å². The molecule has 0 amide bonds. The summed E-state index contributed by atoms with van der Waals surface area (Å²) in [7, 11) is 0. The summed E-state index contributed by atoms with van der Waals surface area (Å²) in [5, 5.41) is 16.7. The summed E-state index contributed by atoms with van der Waals surface area (Å²) in [6.07, 6.45) is 0. The van der Waals surface area contributed by atoms with Crippen LogP contribution in [0.15, 0.2) is 78.9 Å². The Balaban J connectivity index is 1.88. The molecule has 0 aromatic heterocycles. The molecule has 2 nitrogen and oxygen atoms in total. The van der Waals surface area contributed by atoms with Crippen LogP contribution >= 0.6 is 0 Å². The molecule has 0 saturated carbocycles. The molecule has 0 fully saturated rings. The first-order chi connectivity index (χ1) is 12.2. The number of ketones is 1. The fourth-order valence-corrected chi connectivity index (χ4v) is 3.74. The number of benzene rings is 5. The summed E-state index contributed by atoms with van der Waals surface area (Å²) in [4.78, 5) is 13.1. The Hall–Kier alpha value is -3.39. The van der Waals surface area contributed by atoms with Crippen molar-refractivity contribution in [2.24, 2.45) is 0 Å². The molecule has 0 radical (unpaired) electrons. The normalized spacial score (nSPS) is 11.5. The molecule has 25 heavy (non-hydrogen) atoms. The molecule has 5 rings (SSSR count). The molecule has 5 aromatic carbocycles. The Morgan fingerprint density at radius 3 is 2.00 bits per heavy atom. The first kappa shape index (κ1) is 14.0.